The largest absolute Gasteiger partial charge is 0.462 e. The number of Topliss-reactive ketones (excluding diaryl/α,β-unsaturated/α-hetero) is 1. The van der Waals surface area contributed by atoms with Crippen molar-refractivity contribution in [3.63, 3.8) is 0 Å². The highest BCUT2D eigenvalue weighted by atomic mass is 79.9. The number of halogens is 1. The molecule has 1 aromatic heterocycles. The van der Waals surface area contributed by atoms with Crippen LogP contribution in [-0.2, 0) is 4.74 Å². The van der Waals surface area contributed by atoms with Crippen molar-refractivity contribution in [3.8, 4) is 0 Å². The lowest BCUT2D eigenvalue weighted by Crippen LogP contribution is -2.09. The maximum atomic E-state index is 12.4. The molecule has 0 aliphatic carbocycles. The van der Waals surface area contributed by atoms with Gasteiger partial charge in [-0.1, -0.05) is 28.1 Å². The van der Waals surface area contributed by atoms with Crippen molar-refractivity contribution in [1.29, 1.82) is 0 Å². The van der Waals surface area contributed by atoms with Gasteiger partial charge in [0, 0.05) is 27.3 Å². The van der Waals surface area contributed by atoms with Gasteiger partial charge in [-0.25, -0.2) is 4.79 Å². The zero-order valence-corrected chi connectivity index (χ0v) is 16.0. The van der Waals surface area contributed by atoms with Crippen molar-refractivity contribution in [1.82, 2.24) is 4.98 Å². The van der Waals surface area contributed by atoms with Crippen LogP contribution in [0.2, 0.25) is 0 Å². The van der Waals surface area contributed by atoms with Gasteiger partial charge in [0.2, 0.25) is 0 Å². The van der Waals surface area contributed by atoms with Crippen molar-refractivity contribution < 1.29 is 14.3 Å². The van der Waals surface area contributed by atoms with E-state index in [2.05, 4.69) is 26.2 Å². The highest BCUT2D eigenvalue weighted by Crippen LogP contribution is 2.32. The maximum Gasteiger partial charge on any atom is 0.341 e. The van der Waals surface area contributed by atoms with E-state index in [9.17, 15) is 9.59 Å². The number of pyridine rings is 1. The number of anilines is 2. The summed E-state index contributed by atoms with van der Waals surface area (Å²) in [5.74, 6) is -0.478. The first kappa shape index (κ1) is 18.1. The van der Waals surface area contributed by atoms with Crippen LogP contribution in [-0.4, -0.2) is 23.3 Å². The van der Waals surface area contributed by atoms with Crippen LogP contribution >= 0.6 is 15.9 Å². The van der Waals surface area contributed by atoms with E-state index in [4.69, 9.17) is 4.74 Å². The first-order chi connectivity index (χ1) is 12.5. The predicted molar refractivity (Wildman–Crippen MR) is 105 cm³/mol. The fraction of sp³-hybridized carbons (Fsp3) is 0.150. The van der Waals surface area contributed by atoms with Crippen LogP contribution in [0.5, 0.6) is 0 Å². The summed E-state index contributed by atoms with van der Waals surface area (Å²) in [6.45, 7) is 3.54. The van der Waals surface area contributed by atoms with Crippen LogP contribution < -0.4 is 5.32 Å². The van der Waals surface area contributed by atoms with Crippen LogP contribution in [0.3, 0.4) is 0 Å². The number of hydrogen-bond donors (Lipinski definition) is 1. The molecule has 0 saturated heterocycles. The molecule has 0 atom stereocenters. The molecule has 6 heteroatoms. The Morgan fingerprint density at radius 1 is 1.19 bits per heavy atom. The molecule has 0 bridgehead atoms. The average Bonchev–Trinajstić information content (AvgIpc) is 2.62. The highest BCUT2D eigenvalue weighted by Gasteiger charge is 2.17. The molecule has 3 rings (SSSR count). The van der Waals surface area contributed by atoms with Gasteiger partial charge in [0.05, 0.1) is 17.8 Å². The highest BCUT2D eigenvalue weighted by molar-refractivity contribution is 9.10. The molecule has 1 heterocycles. The Morgan fingerprint density at radius 3 is 2.73 bits per heavy atom. The van der Waals surface area contributed by atoms with Gasteiger partial charge in [-0.3, -0.25) is 9.78 Å². The van der Waals surface area contributed by atoms with Gasteiger partial charge in [-0.2, -0.15) is 0 Å². The third-order valence-corrected chi connectivity index (χ3v) is 4.36. The van der Waals surface area contributed by atoms with Crippen LogP contribution in [0.15, 0.2) is 53.1 Å². The van der Waals surface area contributed by atoms with Crippen LogP contribution in [0.25, 0.3) is 10.9 Å². The van der Waals surface area contributed by atoms with E-state index < -0.39 is 5.97 Å². The summed E-state index contributed by atoms with van der Waals surface area (Å²) < 4.78 is 6.03. The summed E-state index contributed by atoms with van der Waals surface area (Å²) >= 11 is 3.46. The minimum atomic E-state index is -0.452. The van der Waals surface area contributed by atoms with Gasteiger partial charge in [0.15, 0.2) is 5.78 Å². The normalized spacial score (nSPS) is 10.6. The molecule has 2 aromatic carbocycles. The first-order valence-electron chi connectivity index (χ1n) is 8.13. The molecule has 0 fully saturated rings. The molecule has 0 amide bonds. The van der Waals surface area contributed by atoms with E-state index in [0.717, 1.165) is 15.4 Å². The van der Waals surface area contributed by atoms with Crippen molar-refractivity contribution in [2.24, 2.45) is 0 Å². The summed E-state index contributed by atoms with van der Waals surface area (Å²) in [4.78, 5) is 28.4. The van der Waals surface area contributed by atoms with Gasteiger partial charge < -0.3 is 10.1 Å². The number of fused-ring (bicyclic) bond motifs is 1. The number of rotatable bonds is 5. The van der Waals surface area contributed by atoms with Crippen LogP contribution in [0, 0.1) is 0 Å². The third-order valence-electron chi connectivity index (χ3n) is 3.86. The standard InChI is InChI=1S/C20H17BrN2O3/c1-3-26-20(25)17-11-22-18-8-7-14(21)10-16(18)19(17)23-15-6-4-5-13(9-15)12(2)24/h4-11H,3H2,1-2H3,(H,22,23). The number of hydrogen-bond acceptors (Lipinski definition) is 5. The van der Waals surface area contributed by atoms with Gasteiger partial charge in [0.1, 0.15) is 5.56 Å². The van der Waals surface area contributed by atoms with Crippen molar-refractivity contribution in [2.75, 3.05) is 11.9 Å². The van der Waals surface area contributed by atoms with Crippen molar-refractivity contribution in [2.45, 2.75) is 13.8 Å². The van der Waals surface area contributed by atoms with E-state index in [-0.39, 0.29) is 12.4 Å². The Balaban J connectivity index is 2.16. The molecule has 0 spiro atoms. The lowest BCUT2D eigenvalue weighted by atomic mass is 10.1. The van der Waals surface area contributed by atoms with Crippen LogP contribution in [0.1, 0.15) is 34.6 Å². The fourth-order valence-electron chi connectivity index (χ4n) is 2.62. The summed E-state index contributed by atoms with van der Waals surface area (Å²) in [5, 5.41) is 4.04. The van der Waals surface area contributed by atoms with Crippen LogP contribution in [0.4, 0.5) is 11.4 Å². The minimum Gasteiger partial charge on any atom is -0.462 e. The SMILES string of the molecule is CCOC(=O)c1cnc2ccc(Br)cc2c1Nc1cccc(C(C)=O)c1. The fourth-order valence-corrected chi connectivity index (χ4v) is 2.98. The second-order valence-corrected chi connectivity index (χ2v) is 6.61. The van der Waals surface area contributed by atoms with E-state index in [0.29, 0.717) is 22.5 Å². The number of carbonyl (C=O) groups is 2. The molecule has 0 aliphatic rings. The average molecular weight is 413 g/mol. The summed E-state index contributed by atoms with van der Waals surface area (Å²) in [5.41, 5.74) is 2.97. The number of nitrogens with zero attached hydrogens (tertiary/aromatic N) is 1. The van der Waals surface area contributed by atoms with Crippen molar-refractivity contribution in [3.05, 3.63) is 64.3 Å². The lowest BCUT2D eigenvalue weighted by Gasteiger charge is -2.15. The monoisotopic (exact) mass is 412 g/mol. The molecular formula is C20H17BrN2O3. The second kappa shape index (κ2) is 7.66. The summed E-state index contributed by atoms with van der Waals surface area (Å²) in [7, 11) is 0. The Hall–Kier alpha value is -2.73. The van der Waals surface area contributed by atoms with E-state index >= 15 is 0 Å². The zero-order chi connectivity index (χ0) is 18.7. The molecule has 26 heavy (non-hydrogen) atoms. The minimum absolute atomic E-state index is 0.0263. The van der Waals surface area contributed by atoms with E-state index in [1.54, 1.807) is 25.1 Å². The molecule has 0 saturated carbocycles. The third kappa shape index (κ3) is 3.75. The molecule has 5 nitrogen and oxygen atoms in total. The molecule has 1 N–H and O–H groups in total. The van der Waals surface area contributed by atoms with Crippen molar-refractivity contribution >= 4 is 50.0 Å². The number of ether oxygens (including phenoxy) is 1. The van der Waals surface area contributed by atoms with Gasteiger partial charge in [-0.05, 0) is 44.2 Å². The Bertz CT molecular complexity index is 1000. The molecular weight excluding hydrogens is 396 g/mol. The summed E-state index contributed by atoms with van der Waals surface area (Å²) in [6.07, 6.45) is 1.51. The molecule has 0 radical (unpaired) electrons. The topological polar surface area (TPSA) is 68.3 Å². The first-order valence-corrected chi connectivity index (χ1v) is 8.92. The second-order valence-electron chi connectivity index (χ2n) is 5.69. The molecule has 0 aliphatic heterocycles. The molecule has 132 valence electrons. The number of nitrogens with one attached hydrogen (secondary N) is 1. The molecule has 3 aromatic rings. The zero-order valence-electron chi connectivity index (χ0n) is 14.4. The van der Waals surface area contributed by atoms with E-state index in [1.807, 2.05) is 24.3 Å². The summed E-state index contributed by atoms with van der Waals surface area (Å²) in [6, 6.07) is 12.8. The number of aromatic nitrogens is 1. The molecule has 0 unspecified atom stereocenters. The number of esters is 1. The van der Waals surface area contributed by atoms with E-state index in [1.165, 1.54) is 13.1 Å². The Morgan fingerprint density at radius 2 is 2.00 bits per heavy atom. The van der Waals surface area contributed by atoms with Gasteiger partial charge in [-0.15, -0.1) is 0 Å². The van der Waals surface area contributed by atoms with Gasteiger partial charge in [0.25, 0.3) is 0 Å². The quantitative estimate of drug-likeness (QED) is 0.465. The lowest BCUT2D eigenvalue weighted by molar-refractivity contribution is 0.0527. The maximum absolute atomic E-state index is 12.4. The Labute approximate surface area is 159 Å². The number of ketones is 1. The number of carbonyl (C=O) groups excluding carboxylic acids is 2. The predicted octanol–water partition coefficient (Wildman–Crippen LogP) is 5.12. The Kier molecular flexibility index (Phi) is 5.32. The number of benzene rings is 2. The van der Waals surface area contributed by atoms with Gasteiger partial charge >= 0.3 is 5.97 Å². The smallest absolute Gasteiger partial charge is 0.341 e.